The number of nitrogens with two attached hydrogens (primary N) is 1. The summed E-state index contributed by atoms with van der Waals surface area (Å²) in [4.78, 5) is 25.4. The minimum Gasteiger partial charge on any atom is -0.369 e. The molecule has 0 spiro atoms. The number of carbonyl (C=O) groups excluding carboxylic acids is 2. The summed E-state index contributed by atoms with van der Waals surface area (Å²) in [5.74, 6) is -0.112. The first-order valence-corrected chi connectivity index (χ1v) is 7.95. The first-order valence-electron chi connectivity index (χ1n) is 7.07. The Labute approximate surface area is 123 Å². The minimum absolute atomic E-state index is 0.000592. The fourth-order valence-corrected chi connectivity index (χ4v) is 3.27. The molecule has 1 aromatic rings. The van der Waals surface area contributed by atoms with Crippen LogP contribution in [0.4, 0.5) is 0 Å². The van der Waals surface area contributed by atoms with Crippen molar-refractivity contribution in [3.63, 3.8) is 0 Å². The Morgan fingerprint density at radius 2 is 2.15 bits per heavy atom. The molecule has 6 heteroatoms. The molecule has 1 aromatic heterocycles. The molecule has 1 fully saturated rings. The third kappa shape index (κ3) is 4.61. The standard InChI is InChI=1S/C14H21N3O2S/c15-14(19)11-4-7-17(8-5-11)10-13(18)16-6-3-12-2-1-9-20-12/h1-2,9,11H,3-8,10H2,(H2,15,19)(H,16,18)/p+1. The zero-order valence-corrected chi connectivity index (χ0v) is 12.4. The number of likely N-dealkylation sites (tertiary alicyclic amines) is 1. The highest BCUT2D eigenvalue weighted by atomic mass is 32.1. The molecule has 20 heavy (non-hydrogen) atoms. The van der Waals surface area contributed by atoms with Gasteiger partial charge in [0.25, 0.3) is 5.91 Å². The summed E-state index contributed by atoms with van der Waals surface area (Å²) in [5, 5.41) is 5.00. The first kappa shape index (κ1) is 15.0. The molecule has 0 aromatic carbocycles. The summed E-state index contributed by atoms with van der Waals surface area (Å²) in [5.41, 5.74) is 5.30. The summed E-state index contributed by atoms with van der Waals surface area (Å²) in [7, 11) is 0. The largest absolute Gasteiger partial charge is 0.369 e. The van der Waals surface area contributed by atoms with Crippen molar-refractivity contribution in [1.82, 2.24) is 5.32 Å². The van der Waals surface area contributed by atoms with E-state index in [1.165, 1.54) is 9.78 Å². The van der Waals surface area contributed by atoms with Crippen molar-refractivity contribution >= 4 is 23.2 Å². The van der Waals surface area contributed by atoms with E-state index in [1.807, 2.05) is 11.4 Å². The Kier molecular flexibility index (Phi) is 5.55. The topological polar surface area (TPSA) is 76.6 Å². The van der Waals surface area contributed by atoms with E-state index in [2.05, 4.69) is 11.4 Å². The second kappa shape index (κ2) is 7.40. The maximum absolute atomic E-state index is 11.8. The molecule has 0 saturated carbocycles. The van der Waals surface area contributed by atoms with E-state index in [1.54, 1.807) is 11.3 Å². The lowest BCUT2D eigenvalue weighted by molar-refractivity contribution is -0.897. The molecule has 0 radical (unpaired) electrons. The van der Waals surface area contributed by atoms with Gasteiger partial charge in [0.15, 0.2) is 6.54 Å². The van der Waals surface area contributed by atoms with Crippen LogP contribution in [0.25, 0.3) is 0 Å². The number of amides is 2. The highest BCUT2D eigenvalue weighted by molar-refractivity contribution is 7.09. The van der Waals surface area contributed by atoms with Crippen LogP contribution < -0.4 is 16.0 Å². The number of hydrogen-bond donors (Lipinski definition) is 3. The van der Waals surface area contributed by atoms with Crippen LogP contribution in [0.3, 0.4) is 0 Å². The average Bonchev–Trinajstić information content (AvgIpc) is 2.92. The van der Waals surface area contributed by atoms with Crippen LogP contribution in [0.5, 0.6) is 0 Å². The number of rotatable bonds is 6. The molecule has 2 rings (SSSR count). The summed E-state index contributed by atoms with van der Waals surface area (Å²) < 4.78 is 0. The van der Waals surface area contributed by atoms with Gasteiger partial charge >= 0.3 is 0 Å². The van der Waals surface area contributed by atoms with Gasteiger partial charge in [0, 0.05) is 30.2 Å². The Hall–Kier alpha value is -1.40. The van der Waals surface area contributed by atoms with Gasteiger partial charge in [-0.15, -0.1) is 11.3 Å². The van der Waals surface area contributed by atoms with Gasteiger partial charge in [-0.2, -0.15) is 0 Å². The van der Waals surface area contributed by atoms with Crippen LogP contribution in [0, 0.1) is 5.92 Å². The van der Waals surface area contributed by atoms with Crippen LogP contribution >= 0.6 is 11.3 Å². The second-order valence-corrected chi connectivity index (χ2v) is 6.31. The molecule has 0 bridgehead atoms. The molecular formula is C14H22N3O2S+. The van der Waals surface area contributed by atoms with Gasteiger partial charge in [-0.3, -0.25) is 9.59 Å². The third-order valence-corrected chi connectivity index (χ3v) is 4.72. The fraction of sp³-hybridized carbons (Fsp3) is 0.571. The molecule has 0 aliphatic carbocycles. The lowest BCUT2D eigenvalue weighted by atomic mass is 9.96. The van der Waals surface area contributed by atoms with Crippen molar-refractivity contribution in [2.75, 3.05) is 26.2 Å². The summed E-state index contributed by atoms with van der Waals surface area (Å²) in [6.07, 6.45) is 2.49. The lowest BCUT2D eigenvalue weighted by Gasteiger charge is -2.27. The molecule has 1 saturated heterocycles. The third-order valence-electron chi connectivity index (χ3n) is 3.78. The zero-order chi connectivity index (χ0) is 14.4. The van der Waals surface area contributed by atoms with Crippen LogP contribution in [-0.2, 0) is 16.0 Å². The molecule has 2 heterocycles. The smallest absolute Gasteiger partial charge is 0.275 e. The van der Waals surface area contributed by atoms with Crippen molar-refractivity contribution in [3.05, 3.63) is 22.4 Å². The van der Waals surface area contributed by atoms with E-state index in [-0.39, 0.29) is 17.7 Å². The first-order chi connectivity index (χ1) is 9.65. The lowest BCUT2D eigenvalue weighted by Crippen LogP contribution is -3.14. The maximum atomic E-state index is 11.8. The van der Waals surface area contributed by atoms with Crippen molar-refractivity contribution in [2.45, 2.75) is 19.3 Å². The van der Waals surface area contributed by atoms with Crippen molar-refractivity contribution in [3.8, 4) is 0 Å². The zero-order valence-electron chi connectivity index (χ0n) is 11.6. The van der Waals surface area contributed by atoms with Crippen LogP contribution in [-0.4, -0.2) is 38.0 Å². The monoisotopic (exact) mass is 296 g/mol. The van der Waals surface area contributed by atoms with Crippen LogP contribution in [0.15, 0.2) is 17.5 Å². The average molecular weight is 296 g/mol. The fourth-order valence-electron chi connectivity index (χ4n) is 2.56. The summed E-state index contributed by atoms with van der Waals surface area (Å²) in [6, 6.07) is 4.10. The number of thiophene rings is 1. The van der Waals surface area contributed by atoms with Gasteiger partial charge in [-0.25, -0.2) is 0 Å². The van der Waals surface area contributed by atoms with Gasteiger partial charge in [0.05, 0.1) is 13.1 Å². The number of quaternary nitrogens is 1. The van der Waals surface area contributed by atoms with Crippen molar-refractivity contribution in [1.29, 1.82) is 0 Å². The summed E-state index contributed by atoms with van der Waals surface area (Å²) >= 11 is 1.71. The van der Waals surface area contributed by atoms with E-state index in [4.69, 9.17) is 5.73 Å². The van der Waals surface area contributed by atoms with Crippen LogP contribution in [0.2, 0.25) is 0 Å². The van der Waals surface area contributed by atoms with E-state index in [0.29, 0.717) is 13.1 Å². The molecule has 0 unspecified atom stereocenters. The molecule has 1 aliphatic rings. The number of nitrogens with one attached hydrogen (secondary N) is 2. The van der Waals surface area contributed by atoms with Crippen molar-refractivity contribution in [2.24, 2.45) is 11.7 Å². The van der Waals surface area contributed by atoms with Gasteiger partial charge in [-0.05, 0) is 17.9 Å². The molecule has 4 N–H and O–H groups in total. The van der Waals surface area contributed by atoms with E-state index in [0.717, 1.165) is 32.4 Å². The predicted octanol–water partition coefficient (Wildman–Crippen LogP) is -0.813. The summed E-state index contributed by atoms with van der Waals surface area (Å²) in [6.45, 7) is 2.89. The van der Waals surface area contributed by atoms with E-state index in [9.17, 15) is 9.59 Å². The maximum Gasteiger partial charge on any atom is 0.275 e. The molecule has 110 valence electrons. The van der Waals surface area contributed by atoms with Crippen molar-refractivity contribution < 1.29 is 14.5 Å². The normalized spacial score (nSPS) is 22.4. The molecular weight excluding hydrogens is 274 g/mol. The molecule has 2 amide bonds. The predicted molar refractivity (Wildman–Crippen MR) is 78.5 cm³/mol. The highest BCUT2D eigenvalue weighted by Crippen LogP contribution is 2.08. The Morgan fingerprint density at radius 3 is 2.75 bits per heavy atom. The van der Waals surface area contributed by atoms with Gasteiger partial charge in [-0.1, -0.05) is 6.07 Å². The highest BCUT2D eigenvalue weighted by Gasteiger charge is 2.26. The van der Waals surface area contributed by atoms with Crippen LogP contribution in [0.1, 0.15) is 17.7 Å². The second-order valence-electron chi connectivity index (χ2n) is 5.28. The van der Waals surface area contributed by atoms with E-state index < -0.39 is 0 Å². The Balaban J connectivity index is 1.61. The van der Waals surface area contributed by atoms with Gasteiger partial charge in [0.1, 0.15) is 0 Å². The Morgan fingerprint density at radius 1 is 1.40 bits per heavy atom. The van der Waals surface area contributed by atoms with Gasteiger partial charge < -0.3 is 16.0 Å². The minimum atomic E-state index is -0.204. The number of primary amides is 1. The number of carbonyl (C=O) groups is 2. The molecule has 1 aliphatic heterocycles. The number of hydrogen-bond acceptors (Lipinski definition) is 3. The van der Waals surface area contributed by atoms with E-state index >= 15 is 0 Å². The van der Waals surface area contributed by atoms with Gasteiger partial charge in [0.2, 0.25) is 5.91 Å². The molecule has 0 atom stereocenters. The Bertz CT molecular complexity index is 439. The number of piperidine rings is 1. The SMILES string of the molecule is NC(=O)C1CC[NH+](CC(=O)NCCc2cccs2)CC1. The quantitative estimate of drug-likeness (QED) is 0.642. The molecule has 5 nitrogen and oxygen atoms in total.